The fourth-order valence-electron chi connectivity index (χ4n) is 2.95. The molecule has 0 fully saturated rings. The number of likely N-dealkylation sites (N-methyl/N-ethyl adjacent to an activating group) is 1. The van der Waals surface area contributed by atoms with Gasteiger partial charge in [0.2, 0.25) is 5.91 Å². The molecule has 0 N–H and O–H groups in total. The first-order valence-electron chi connectivity index (χ1n) is 7.85. The van der Waals surface area contributed by atoms with E-state index in [1.165, 1.54) is 0 Å². The summed E-state index contributed by atoms with van der Waals surface area (Å²) in [6.45, 7) is 4.00. The third kappa shape index (κ3) is 2.58. The fraction of sp³-hybridized carbons (Fsp3) is 0.211. The maximum atomic E-state index is 12.7. The predicted octanol–water partition coefficient (Wildman–Crippen LogP) is 2.64. The van der Waals surface area contributed by atoms with Gasteiger partial charge in [0.15, 0.2) is 0 Å². The van der Waals surface area contributed by atoms with Crippen molar-refractivity contribution in [3.05, 3.63) is 65.2 Å². The molecule has 2 aromatic rings. The minimum atomic E-state index is -0.412. The first-order valence-corrected chi connectivity index (χ1v) is 7.85. The van der Waals surface area contributed by atoms with Gasteiger partial charge in [-0.1, -0.05) is 30.3 Å². The van der Waals surface area contributed by atoms with Crippen LogP contribution in [0.15, 0.2) is 48.5 Å². The van der Waals surface area contributed by atoms with E-state index in [2.05, 4.69) is 0 Å². The Kier molecular flexibility index (Phi) is 4.16. The van der Waals surface area contributed by atoms with Crippen LogP contribution in [0.1, 0.15) is 33.2 Å². The van der Waals surface area contributed by atoms with E-state index in [1.54, 1.807) is 29.2 Å². The fourth-order valence-corrected chi connectivity index (χ4v) is 2.95. The molecule has 1 aliphatic rings. The molecule has 2 aromatic carbocycles. The Hall–Kier alpha value is -2.95. The van der Waals surface area contributed by atoms with Gasteiger partial charge in [0.1, 0.15) is 6.54 Å². The summed E-state index contributed by atoms with van der Waals surface area (Å²) in [6, 6.07) is 14.2. The molecule has 0 saturated heterocycles. The van der Waals surface area contributed by atoms with Crippen LogP contribution < -0.4 is 4.90 Å². The molecule has 122 valence electrons. The minimum Gasteiger partial charge on any atom is -0.311 e. The van der Waals surface area contributed by atoms with Crippen molar-refractivity contribution < 1.29 is 14.4 Å². The lowest BCUT2D eigenvalue weighted by Crippen LogP contribution is -2.43. The Labute approximate surface area is 140 Å². The number of imide groups is 1. The third-order valence-electron chi connectivity index (χ3n) is 4.20. The molecule has 24 heavy (non-hydrogen) atoms. The number of anilines is 1. The number of rotatable bonds is 4. The van der Waals surface area contributed by atoms with Gasteiger partial charge in [-0.2, -0.15) is 0 Å². The van der Waals surface area contributed by atoms with Gasteiger partial charge in [-0.15, -0.1) is 0 Å². The lowest BCUT2D eigenvalue weighted by molar-refractivity contribution is -0.118. The SMILES string of the molecule is CCN(C(=O)CN1C(=O)c2ccccc2C1=O)c1ccccc1C. The number of fused-ring (bicyclic) bond motifs is 1. The molecule has 3 rings (SSSR count). The average Bonchev–Trinajstić information content (AvgIpc) is 2.83. The van der Waals surface area contributed by atoms with Gasteiger partial charge in [-0.05, 0) is 37.6 Å². The van der Waals surface area contributed by atoms with E-state index in [0.717, 1.165) is 16.2 Å². The molecule has 0 bridgehead atoms. The summed E-state index contributed by atoms with van der Waals surface area (Å²) < 4.78 is 0. The first kappa shape index (κ1) is 15.9. The number of carbonyl (C=O) groups is 3. The Balaban J connectivity index is 1.84. The number of carbonyl (C=O) groups excluding carboxylic acids is 3. The zero-order valence-electron chi connectivity index (χ0n) is 13.7. The van der Waals surface area contributed by atoms with E-state index in [9.17, 15) is 14.4 Å². The monoisotopic (exact) mass is 322 g/mol. The van der Waals surface area contributed by atoms with Gasteiger partial charge in [0.05, 0.1) is 11.1 Å². The maximum Gasteiger partial charge on any atom is 0.262 e. The molecule has 5 heteroatoms. The van der Waals surface area contributed by atoms with Crippen molar-refractivity contribution in [3.63, 3.8) is 0 Å². The molecule has 0 aromatic heterocycles. The molecule has 0 aliphatic carbocycles. The molecule has 0 radical (unpaired) electrons. The molecule has 5 nitrogen and oxygen atoms in total. The summed E-state index contributed by atoms with van der Waals surface area (Å²) in [7, 11) is 0. The highest BCUT2D eigenvalue weighted by molar-refractivity contribution is 6.22. The molecule has 0 saturated carbocycles. The third-order valence-corrected chi connectivity index (χ3v) is 4.20. The molecule has 1 aliphatic heterocycles. The van der Waals surface area contributed by atoms with Crippen LogP contribution in [-0.2, 0) is 4.79 Å². The van der Waals surface area contributed by atoms with Crippen molar-refractivity contribution in [2.24, 2.45) is 0 Å². The van der Waals surface area contributed by atoms with Gasteiger partial charge in [0.25, 0.3) is 11.8 Å². The van der Waals surface area contributed by atoms with Crippen molar-refractivity contribution in [2.45, 2.75) is 13.8 Å². The van der Waals surface area contributed by atoms with Crippen LogP contribution in [0, 0.1) is 6.92 Å². The second-order valence-corrected chi connectivity index (χ2v) is 5.67. The van der Waals surface area contributed by atoms with E-state index >= 15 is 0 Å². The van der Waals surface area contributed by atoms with Crippen molar-refractivity contribution in [1.29, 1.82) is 0 Å². The lowest BCUT2D eigenvalue weighted by atomic mass is 10.1. The summed E-state index contributed by atoms with van der Waals surface area (Å²) in [5.74, 6) is -1.10. The standard InChI is InChI=1S/C19H18N2O3/c1-3-20(16-11-7-4-8-13(16)2)17(22)12-21-18(23)14-9-5-6-10-15(14)19(21)24/h4-11H,3,12H2,1-2H3. The second-order valence-electron chi connectivity index (χ2n) is 5.67. The molecular weight excluding hydrogens is 304 g/mol. The number of para-hydroxylation sites is 1. The zero-order valence-corrected chi connectivity index (χ0v) is 13.7. The molecular formula is C19H18N2O3. The van der Waals surface area contributed by atoms with E-state index in [-0.39, 0.29) is 12.5 Å². The second kappa shape index (κ2) is 6.28. The van der Waals surface area contributed by atoms with Crippen molar-refractivity contribution >= 4 is 23.4 Å². The van der Waals surface area contributed by atoms with Crippen LogP contribution in [0.2, 0.25) is 0 Å². The van der Waals surface area contributed by atoms with Crippen molar-refractivity contribution in [3.8, 4) is 0 Å². The van der Waals surface area contributed by atoms with E-state index < -0.39 is 11.8 Å². The summed E-state index contributed by atoms with van der Waals surface area (Å²) in [5.41, 5.74) is 2.47. The normalized spacial score (nSPS) is 13.2. The lowest BCUT2D eigenvalue weighted by Gasteiger charge is -2.25. The number of aryl methyl sites for hydroxylation is 1. The molecule has 0 atom stereocenters. The first-order chi connectivity index (χ1) is 11.5. The summed E-state index contributed by atoms with van der Waals surface area (Å²) in [5, 5.41) is 0. The number of amides is 3. The largest absolute Gasteiger partial charge is 0.311 e. The highest BCUT2D eigenvalue weighted by atomic mass is 16.2. The van der Waals surface area contributed by atoms with Crippen molar-refractivity contribution in [2.75, 3.05) is 18.0 Å². The highest BCUT2D eigenvalue weighted by Crippen LogP contribution is 2.24. The highest BCUT2D eigenvalue weighted by Gasteiger charge is 2.37. The quantitative estimate of drug-likeness (QED) is 0.813. The van der Waals surface area contributed by atoms with Crippen LogP contribution >= 0.6 is 0 Å². The maximum absolute atomic E-state index is 12.7. The van der Waals surface area contributed by atoms with Crippen LogP contribution in [0.4, 0.5) is 5.69 Å². The summed E-state index contributed by atoms with van der Waals surface area (Å²) >= 11 is 0. The smallest absolute Gasteiger partial charge is 0.262 e. The average molecular weight is 322 g/mol. The van der Waals surface area contributed by atoms with E-state index in [4.69, 9.17) is 0 Å². The van der Waals surface area contributed by atoms with Gasteiger partial charge >= 0.3 is 0 Å². The Morgan fingerprint density at radius 1 is 0.958 bits per heavy atom. The van der Waals surface area contributed by atoms with Crippen LogP contribution in [0.5, 0.6) is 0 Å². The van der Waals surface area contributed by atoms with E-state index in [0.29, 0.717) is 17.7 Å². The van der Waals surface area contributed by atoms with Gasteiger partial charge < -0.3 is 4.90 Å². The molecule has 0 unspecified atom stereocenters. The van der Waals surface area contributed by atoms with E-state index in [1.807, 2.05) is 38.1 Å². The van der Waals surface area contributed by atoms with Gasteiger partial charge in [-0.3, -0.25) is 19.3 Å². The van der Waals surface area contributed by atoms with Crippen LogP contribution in [0.25, 0.3) is 0 Å². The Bertz CT molecular complexity index is 794. The topological polar surface area (TPSA) is 57.7 Å². The van der Waals surface area contributed by atoms with Crippen molar-refractivity contribution in [1.82, 2.24) is 4.90 Å². The zero-order chi connectivity index (χ0) is 17.3. The molecule has 0 spiro atoms. The molecule has 3 amide bonds. The van der Waals surface area contributed by atoms with Gasteiger partial charge in [0, 0.05) is 12.2 Å². The predicted molar refractivity (Wildman–Crippen MR) is 91.0 cm³/mol. The number of nitrogens with zero attached hydrogens (tertiary/aromatic N) is 2. The van der Waals surface area contributed by atoms with Crippen LogP contribution in [0.3, 0.4) is 0 Å². The number of hydrogen-bond donors (Lipinski definition) is 0. The van der Waals surface area contributed by atoms with Gasteiger partial charge in [-0.25, -0.2) is 0 Å². The Morgan fingerprint density at radius 3 is 2.04 bits per heavy atom. The summed E-state index contributed by atoms with van der Waals surface area (Å²) in [4.78, 5) is 40.1. The molecule has 1 heterocycles. The van der Waals surface area contributed by atoms with Crippen LogP contribution in [-0.4, -0.2) is 35.7 Å². The number of hydrogen-bond acceptors (Lipinski definition) is 3. The Morgan fingerprint density at radius 2 is 1.50 bits per heavy atom. The summed E-state index contributed by atoms with van der Waals surface area (Å²) in [6.07, 6.45) is 0. The number of benzene rings is 2. The minimum absolute atomic E-state index is 0.255.